The monoisotopic (exact) mass is 373 g/mol. The average molecular weight is 373 g/mol. The van der Waals surface area contributed by atoms with Crippen LogP contribution in [0.15, 0.2) is 47.0 Å². The van der Waals surface area contributed by atoms with Gasteiger partial charge in [0.25, 0.3) is 0 Å². The molecule has 2 aromatic carbocycles. The lowest BCUT2D eigenvalue weighted by Gasteiger charge is -2.06. The first kappa shape index (κ1) is 18.5. The highest BCUT2D eigenvalue weighted by molar-refractivity contribution is 5.90. The third kappa shape index (κ3) is 4.66. The number of anilines is 1. The summed E-state index contributed by atoms with van der Waals surface area (Å²) < 4.78 is 36.9. The number of benzene rings is 2. The smallest absolute Gasteiger partial charge is 0.226 e. The van der Waals surface area contributed by atoms with Crippen LogP contribution in [0.1, 0.15) is 18.7 Å². The molecule has 1 heterocycles. The van der Waals surface area contributed by atoms with Gasteiger partial charge in [-0.1, -0.05) is 11.2 Å². The number of carbonyl (C=O) groups excluding carboxylic acids is 1. The van der Waals surface area contributed by atoms with Crippen molar-refractivity contribution in [3.63, 3.8) is 0 Å². The van der Waals surface area contributed by atoms with E-state index in [0.29, 0.717) is 24.6 Å². The summed E-state index contributed by atoms with van der Waals surface area (Å²) in [5.41, 5.74) is 0.602. The van der Waals surface area contributed by atoms with E-state index in [2.05, 4.69) is 15.5 Å². The van der Waals surface area contributed by atoms with Gasteiger partial charge in [0.05, 0.1) is 12.8 Å². The summed E-state index contributed by atoms with van der Waals surface area (Å²) in [4.78, 5) is 16.2. The quantitative estimate of drug-likeness (QED) is 0.678. The topological polar surface area (TPSA) is 77.2 Å². The summed E-state index contributed by atoms with van der Waals surface area (Å²) in [6, 6.07) is 10.8. The summed E-state index contributed by atoms with van der Waals surface area (Å²) >= 11 is 0. The molecule has 27 heavy (non-hydrogen) atoms. The van der Waals surface area contributed by atoms with E-state index in [-0.39, 0.29) is 12.1 Å². The van der Waals surface area contributed by atoms with Crippen molar-refractivity contribution in [3.8, 4) is 17.1 Å². The number of hydrogen-bond donors (Lipinski definition) is 1. The zero-order valence-corrected chi connectivity index (χ0v) is 14.5. The molecule has 3 rings (SSSR count). The fourth-order valence-electron chi connectivity index (χ4n) is 2.43. The molecule has 6 nitrogen and oxygen atoms in total. The number of aryl methyl sites for hydroxylation is 1. The number of halogens is 2. The van der Waals surface area contributed by atoms with Crippen molar-refractivity contribution >= 4 is 11.6 Å². The Morgan fingerprint density at radius 3 is 2.70 bits per heavy atom. The molecule has 8 heteroatoms. The third-order valence-electron chi connectivity index (χ3n) is 3.84. The maximum absolute atomic E-state index is 13.5. The minimum absolute atomic E-state index is 0.107. The molecule has 1 amide bonds. The zero-order chi connectivity index (χ0) is 19.2. The number of hydrogen-bond acceptors (Lipinski definition) is 5. The molecular weight excluding hydrogens is 356 g/mol. The van der Waals surface area contributed by atoms with E-state index in [1.54, 1.807) is 19.2 Å². The van der Waals surface area contributed by atoms with Crippen molar-refractivity contribution in [2.24, 2.45) is 0 Å². The van der Waals surface area contributed by atoms with Gasteiger partial charge in [0.15, 0.2) is 11.6 Å². The lowest BCUT2D eigenvalue weighted by molar-refractivity contribution is -0.116. The number of amides is 1. The van der Waals surface area contributed by atoms with Gasteiger partial charge >= 0.3 is 0 Å². The number of methoxy groups -OCH3 is 1. The Morgan fingerprint density at radius 1 is 1.19 bits per heavy atom. The predicted molar refractivity (Wildman–Crippen MR) is 94.2 cm³/mol. The molecular formula is C19H17F2N3O3. The number of nitrogens with zero attached hydrogens (tertiary/aromatic N) is 2. The highest BCUT2D eigenvalue weighted by atomic mass is 19.2. The van der Waals surface area contributed by atoms with Crippen LogP contribution in [0.3, 0.4) is 0 Å². The molecule has 0 atom stereocenters. The highest BCUT2D eigenvalue weighted by Gasteiger charge is 2.12. The Labute approximate surface area is 154 Å². The Kier molecular flexibility index (Phi) is 5.75. The van der Waals surface area contributed by atoms with E-state index in [1.165, 1.54) is 12.1 Å². The molecule has 1 N–H and O–H groups in total. The highest BCUT2D eigenvalue weighted by Crippen LogP contribution is 2.20. The second-order valence-corrected chi connectivity index (χ2v) is 5.74. The first-order valence-electron chi connectivity index (χ1n) is 8.27. The second-order valence-electron chi connectivity index (χ2n) is 5.74. The Morgan fingerprint density at radius 2 is 1.96 bits per heavy atom. The molecule has 140 valence electrons. The minimum Gasteiger partial charge on any atom is -0.497 e. The number of carbonyl (C=O) groups is 1. The minimum atomic E-state index is -1.08. The molecule has 0 spiro atoms. The lowest BCUT2D eigenvalue weighted by atomic mass is 10.2. The molecule has 0 unspecified atom stereocenters. The number of ether oxygens (including phenoxy) is 1. The van der Waals surface area contributed by atoms with Gasteiger partial charge in [-0.2, -0.15) is 4.98 Å². The maximum Gasteiger partial charge on any atom is 0.226 e. The molecule has 0 bridgehead atoms. The van der Waals surface area contributed by atoms with Crippen molar-refractivity contribution in [2.75, 3.05) is 12.4 Å². The lowest BCUT2D eigenvalue weighted by Crippen LogP contribution is -2.13. The molecule has 0 aliphatic heterocycles. The van der Waals surface area contributed by atoms with Gasteiger partial charge < -0.3 is 14.6 Å². The Hall–Kier alpha value is -3.29. The van der Waals surface area contributed by atoms with Crippen LogP contribution in [0.5, 0.6) is 5.75 Å². The van der Waals surface area contributed by atoms with E-state index in [9.17, 15) is 13.6 Å². The van der Waals surface area contributed by atoms with Crippen LogP contribution in [0.25, 0.3) is 11.4 Å². The first-order chi connectivity index (χ1) is 13.1. The largest absolute Gasteiger partial charge is 0.497 e. The SMILES string of the molecule is COc1ccc(-c2noc(CCCC(=O)Nc3cccc(F)c3F)n2)cc1. The molecule has 0 aliphatic rings. The number of rotatable bonds is 7. The van der Waals surface area contributed by atoms with Gasteiger partial charge in [0.1, 0.15) is 5.75 Å². The van der Waals surface area contributed by atoms with Crippen molar-refractivity contribution in [2.45, 2.75) is 19.3 Å². The Balaban J connectivity index is 1.51. The standard InChI is InChI=1S/C19H17F2N3O3/c1-26-13-10-8-12(9-11-13)19-23-17(27-24-19)7-3-6-16(25)22-15-5-2-4-14(20)18(15)21/h2,4-5,8-11H,3,6-7H2,1H3,(H,22,25). The number of nitrogens with one attached hydrogen (secondary N) is 1. The van der Waals surface area contributed by atoms with Crippen molar-refractivity contribution in [3.05, 3.63) is 60.0 Å². The van der Waals surface area contributed by atoms with Gasteiger partial charge in [-0.15, -0.1) is 0 Å². The summed E-state index contributed by atoms with van der Waals surface area (Å²) in [6.07, 6.45) is 0.922. The third-order valence-corrected chi connectivity index (χ3v) is 3.84. The van der Waals surface area contributed by atoms with Gasteiger partial charge in [-0.05, 0) is 42.8 Å². The molecule has 0 saturated carbocycles. The number of aromatic nitrogens is 2. The fraction of sp³-hybridized carbons (Fsp3) is 0.211. The van der Waals surface area contributed by atoms with Crippen LogP contribution in [-0.4, -0.2) is 23.2 Å². The summed E-state index contributed by atoms with van der Waals surface area (Å²) in [5, 5.41) is 6.26. The van der Waals surface area contributed by atoms with E-state index in [0.717, 1.165) is 17.4 Å². The molecule has 3 aromatic rings. The van der Waals surface area contributed by atoms with Crippen molar-refractivity contribution in [1.29, 1.82) is 0 Å². The van der Waals surface area contributed by atoms with Crippen molar-refractivity contribution < 1.29 is 22.8 Å². The van der Waals surface area contributed by atoms with Crippen LogP contribution in [0.4, 0.5) is 14.5 Å². The van der Waals surface area contributed by atoms with Crippen LogP contribution >= 0.6 is 0 Å². The van der Waals surface area contributed by atoms with Crippen LogP contribution in [-0.2, 0) is 11.2 Å². The predicted octanol–water partition coefficient (Wildman–Crippen LogP) is 3.98. The van der Waals surface area contributed by atoms with Gasteiger partial charge in [0.2, 0.25) is 17.6 Å². The van der Waals surface area contributed by atoms with Crippen molar-refractivity contribution in [1.82, 2.24) is 10.1 Å². The van der Waals surface area contributed by atoms with Crippen LogP contribution in [0.2, 0.25) is 0 Å². The summed E-state index contributed by atoms with van der Waals surface area (Å²) in [6.45, 7) is 0. The molecule has 0 fully saturated rings. The summed E-state index contributed by atoms with van der Waals surface area (Å²) in [5.74, 6) is -0.946. The molecule has 0 saturated heterocycles. The van der Waals surface area contributed by atoms with Crippen LogP contribution < -0.4 is 10.1 Å². The fourth-order valence-corrected chi connectivity index (χ4v) is 2.43. The van der Waals surface area contributed by atoms with Gasteiger partial charge in [-0.3, -0.25) is 4.79 Å². The maximum atomic E-state index is 13.5. The summed E-state index contributed by atoms with van der Waals surface area (Å²) in [7, 11) is 1.58. The van der Waals surface area contributed by atoms with E-state index < -0.39 is 17.5 Å². The molecule has 0 aliphatic carbocycles. The van der Waals surface area contributed by atoms with E-state index >= 15 is 0 Å². The van der Waals surface area contributed by atoms with E-state index in [1.807, 2.05) is 12.1 Å². The van der Waals surface area contributed by atoms with E-state index in [4.69, 9.17) is 9.26 Å². The second kappa shape index (κ2) is 8.39. The molecule has 0 radical (unpaired) electrons. The first-order valence-corrected chi connectivity index (χ1v) is 8.27. The zero-order valence-electron chi connectivity index (χ0n) is 14.5. The Bertz CT molecular complexity index is 926. The normalized spacial score (nSPS) is 10.6. The average Bonchev–Trinajstić information content (AvgIpc) is 3.14. The van der Waals surface area contributed by atoms with Gasteiger partial charge in [-0.25, -0.2) is 8.78 Å². The van der Waals surface area contributed by atoms with Crippen LogP contribution in [0, 0.1) is 11.6 Å². The molecule has 1 aromatic heterocycles. The van der Waals surface area contributed by atoms with Gasteiger partial charge in [0, 0.05) is 18.4 Å².